The normalized spacial score (nSPS) is 10.9. The number of benzene rings is 1. The molecule has 0 atom stereocenters. The van der Waals surface area contributed by atoms with E-state index in [2.05, 4.69) is 44.1 Å². The van der Waals surface area contributed by atoms with E-state index in [9.17, 15) is 0 Å². The van der Waals surface area contributed by atoms with Crippen molar-refractivity contribution < 1.29 is 0 Å². The molecule has 1 aromatic carbocycles. The third-order valence-corrected chi connectivity index (χ3v) is 3.52. The van der Waals surface area contributed by atoms with Gasteiger partial charge in [-0.3, -0.25) is 0 Å². The molecule has 0 saturated heterocycles. The quantitative estimate of drug-likeness (QED) is 0.785. The van der Waals surface area contributed by atoms with Crippen LogP contribution in [0.4, 0.5) is 0 Å². The van der Waals surface area contributed by atoms with Gasteiger partial charge >= 0.3 is 0 Å². The van der Waals surface area contributed by atoms with Crippen molar-refractivity contribution >= 4 is 11.6 Å². The molecule has 0 aliphatic heterocycles. The second-order valence-corrected chi connectivity index (χ2v) is 4.78. The lowest BCUT2D eigenvalue weighted by molar-refractivity contribution is 0.835. The maximum absolute atomic E-state index is 6.35. The van der Waals surface area contributed by atoms with Gasteiger partial charge in [-0.1, -0.05) is 30.7 Å². The molecule has 0 spiro atoms. The zero-order chi connectivity index (χ0) is 12.6. The largest absolute Gasteiger partial charge is 0.221 e. The van der Waals surface area contributed by atoms with Gasteiger partial charge in [0.1, 0.15) is 5.15 Å². The average molecular weight is 249 g/mol. The Balaban J connectivity index is 2.64. The van der Waals surface area contributed by atoms with E-state index in [0.717, 1.165) is 28.5 Å². The van der Waals surface area contributed by atoms with Gasteiger partial charge in [0.25, 0.3) is 0 Å². The van der Waals surface area contributed by atoms with Gasteiger partial charge in [0, 0.05) is 5.56 Å². The van der Waals surface area contributed by atoms with Crippen molar-refractivity contribution in [1.29, 1.82) is 0 Å². The van der Waals surface area contributed by atoms with Crippen molar-refractivity contribution in [2.24, 2.45) is 0 Å². The van der Waals surface area contributed by atoms with Gasteiger partial charge in [-0.05, 0) is 44.4 Å². The van der Waals surface area contributed by atoms with E-state index in [1.54, 1.807) is 0 Å². The van der Waals surface area contributed by atoms with Crippen LogP contribution in [0.25, 0.3) is 5.69 Å². The first-order valence-corrected chi connectivity index (χ1v) is 6.24. The van der Waals surface area contributed by atoms with Gasteiger partial charge in [0.15, 0.2) is 0 Å². The minimum absolute atomic E-state index is 0.718. The maximum Gasteiger partial charge on any atom is 0.136 e. The van der Waals surface area contributed by atoms with Crippen LogP contribution in [0.2, 0.25) is 5.15 Å². The molecule has 0 radical (unpaired) electrons. The zero-order valence-corrected chi connectivity index (χ0v) is 11.5. The van der Waals surface area contributed by atoms with Crippen molar-refractivity contribution in [3.8, 4) is 5.69 Å². The highest BCUT2D eigenvalue weighted by Crippen LogP contribution is 2.25. The molecule has 1 aromatic heterocycles. The Morgan fingerprint density at radius 1 is 1.24 bits per heavy atom. The summed E-state index contributed by atoms with van der Waals surface area (Å²) in [6, 6.07) is 6.32. The molecule has 0 bridgehead atoms. The maximum atomic E-state index is 6.35. The molecule has 0 saturated carbocycles. The number of aromatic nitrogens is 2. The predicted molar refractivity (Wildman–Crippen MR) is 72.2 cm³/mol. The number of hydrogen-bond acceptors (Lipinski definition) is 1. The molecule has 90 valence electrons. The average Bonchev–Trinajstić information content (AvgIpc) is 2.59. The Hall–Kier alpha value is -1.28. The molecule has 17 heavy (non-hydrogen) atoms. The molecule has 0 fully saturated rings. The summed E-state index contributed by atoms with van der Waals surface area (Å²) in [5.41, 5.74) is 5.61. The van der Waals surface area contributed by atoms with Crippen LogP contribution in [-0.2, 0) is 6.42 Å². The summed E-state index contributed by atoms with van der Waals surface area (Å²) in [7, 11) is 0. The summed E-state index contributed by atoms with van der Waals surface area (Å²) in [5, 5.41) is 5.30. The molecule has 1 heterocycles. The van der Waals surface area contributed by atoms with Crippen molar-refractivity contribution in [2.45, 2.75) is 34.1 Å². The van der Waals surface area contributed by atoms with Crippen molar-refractivity contribution in [1.82, 2.24) is 9.78 Å². The molecular formula is C14H17ClN2. The summed E-state index contributed by atoms with van der Waals surface area (Å²) in [4.78, 5) is 0. The minimum atomic E-state index is 0.718. The van der Waals surface area contributed by atoms with Gasteiger partial charge < -0.3 is 0 Å². The Labute approximate surface area is 107 Å². The van der Waals surface area contributed by atoms with Crippen LogP contribution in [0.5, 0.6) is 0 Å². The van der Waals surface area contributed by atoms with Crippen LogP contribution < -0.4 is 0 Å². The molecule has 3 heteroatoms. The summed E-state index contributed by atoms with van der Waals surface area (Å²) < 4.78 is 1.85. The molecule has 0 aliphatic carbocycles. The molecule has 0 amide bonds. The monoisotopic (exact) mass is 248 g/mol. The lowest BCUT2D eigenvalue weighted by Gasteiger charge is -2.08. The third-order valence-electron chi connectivity index (χ3n) is 3.08. The van der Waals surface area contributed by atoms with Crippen molar-refractivity contribution in [3.63, 3.8) is 0 Å². The fourth-order valence-corrected chi connectivity index (χ4v) is 2.20. The topological polar surface area (TPSA) is 17.8 Å². The summed E-state index contributed by atoms with van der Waals surface area (Å²) >= 11 is 6.35. The van der Waals surface area contributed by atoms with Crippen LogP contribution in [0.15, 0.2) is 18.2 Å². The molecule has 2 nitrogen and oxygen atoms in total. The van der Waals surface area contributed by atoms with Gasteiger partial charge in [-0.25, -0.2) is 4.68 Å². The van der Waals surface area contributed by atoms with Crippen LogP contribution in [-0.4, -0.2) is 9.78 Å². The highest BCUT2D eigenvalue weighted by atomic mass is 35.5. The second kappa shape index (κ2) is 4.53. The molecule has 2 rings (SSSR count). The fourth-order valence-electron chi connectivity index (χ4n) is 1.96. The summed E-state index contributed by atoms with van der Waals surface area (Å²) in [5.74, 6) is 0. The van der Waals surface area contributed by atoms with Gasteiger partial charge in [-0.15, -0.1) is 0 Å². The van der Waals surface area contributed by atoms with E-state index in [1.807, 2.05) is 11.6 Å². The van der Waals surface area contributed by atoms with Crippen LogP contribution in [0, 0.1) is 20.8 Å². The van der Waals surface area contributed by atoms with E-state index in [4.69, 9.17) is 11.6 Å². The number of rotatable bonds is 2. The van der Waals surface area contributed by atoms with Crippen LogP contribution in [0.3, 0.4) is 0 Å². The fraction of sp³-hybridized carbons (Fsp3) is 0.357. The predicted octanol–water partition coefficient (Wildman–Crippen LogP) is 4.01. The van der Waals surface area contributed by atoms with E-state index < -0.39 is 0 Å². The Bertz CT molecular complexity index is 556. The first-order chi connectivity index (χ1) is 8.04. The highest BCUT2D eigenvalue weighted by molar-refractivity contribution is 6.30. The van der Waals surface area contributed by atoms with E-state index >= 15 is 0 Å². The van der Waals surface area contributed by atoms with E-state index in [0.29, 0.717) is 0 Å². The minimum Gasteiger partial charge on any atom is -0.221 e. The van der Waals surface area contributed by atoms with Gasteiger partial charge in [-0.2, -0.15) is 5.10 Å². The smallest absolute Gasteiger partial charge is 0.136 e. The van der Waals surface area contributed by atoms with E-state index in [1.165, 1.54) is 11.1 Å². The standard InChI is InChI=1S/C14H17ClN2/c1-5-12-11(4)14(15)17(16-12)13-8-9(2)6-7-10(13)3/h6-8H,5H2,1-4H3. The molecule has 2 aromatic rings. The van der Waals surface area contributed by atoms with Crippen LogP contribution >= 0.6 is 11.6 Å². The Morgan fingerprint density at radius 2 is 1.94 bits per heavy atom. The lowest BCUT2D eigenvalue weighted by atomic mass is 10.1. The van der Waals surface area contributed by atoms with Crippen molar-refractivity contribution in [3.05, 3.63) is 45.7 Å². The highest BCUT2D eigenvalue weighted by Gasteiger charge is 2.13. The number of halogens is 1. The molecule has 0 N–H and O–H groups in total. The molecule has 0 aliphatic rings. The first-order valence-electron chi connectivity index (χ1n) is 5.86. The first kappa shape index (κ1) is 12.2. The number of nitrogens with zero attached hydrogens (tertiary/aromatic N) is 2. The molecular weight excluding hydrogens is 232 g/mol. The SMILES string of the molecule is CCc1nn(-c2cc(C)ccc2C)c(Cl)c1C. The number of hydrogen-bond donors (Lipinski definition) is 0. The Morgan fingerprint density at radius 3 is 2.53 bits per heavy atom. The zero-order valence-electron chi connectivity index (χ0n) is 10.7. The molecule has 0 unspecified atom stereocenters. The summed E-state index contributed by atoms with van der Waals surface area (Å²) in [6.07, 6.45) is 0.906. The second-order valence-electron chi connectivity index (χ2n) is 4.42. The summed E-state index contributed by atoms with van der Waals surface area (Å²) in [6.45, 7) is 8.27. The van der Waals surface area contributed by atoms with Crippen molar-refractivity contribution in [2.75, 3.05) is 0 Å². The third kappa shape index (κ3) is 2.09. The Kier molecular flexibility index (Phi) is 3.25. The van der Waals surface area contributed by atoms with Crippen LogP contribution in [0.1, 0.15) is 29.3 Å². The van der Waals surface area contributed by atoms with Gasteiger partial charge in [0.05, 0.1) is 11.4 Å². The lowest BCUT2D eigenvalue weighted by Crippen LogP contribution is -2.00. The van der Waals surface area contributed by atoms with Gasteiger partial charge in [0.2, 0.25) is 0 Å². The van der Waals surface area contributed by atoms with E-state index in [-0.39, 0.29) is 0 Å². The number of aryl methyl sites for hydroxylation is 3.